The molecule has 0 atom stereocenters. The van der Waals surface area contributed by atoms with E-state index >= 15 is 0 Å². The molecule has 1 amide bonds. The van der Waals surface area contributed by atoms with E-state index < -0.39 is 0 Å². The van der Waals surface area contributed by atoms with Crippen molar-refractivity contribution in [3.05, 3.63) is 57.6 Å². The average molecular weight is 403 g/mol. The summed E-state index contributed by atoms with van der Waals surface area (Å²) in [5, 5.41) is 17.9. The summed E-state index contributed by atoms with van der Waals surface area (Å²) in [5.41, 5.74) is 4.15. The minimum absolute atomic E-state index is 0.206. The molecule has 0 saturated carbocycles. The Balaban J connectivity index is 1.60. The Morgan fingerprint density at radius 1 is 1.36 bits per heavy atom. The van der Waals surface area contributed by atoms with Crippen LogP contribution in [0.25, 0.3) is 5.69 Å². The highest BCUT2D eigenvalue weighted by Gasteiger charge is 2.17. The quantitative estimate of drug-likeness (QED) is 0.620. The van der Waals surface area contributed by atoms with Crippen LogP contribution in [0, 0.1) is 13.8 Å². The number of H-pyrrole nitrogens is 1. The van der Waals surface area contributed by atoms with Crippen LogP contribution in [0.3, 0.4) is 0 Å². The summed E-state index contributed by atoms with van der Waals surface area (Å²) in [6, 6.07) is 7.70. The number of nitrogens with one attached hydrogen (secondary N) is 2. The number of carbonyl (C=O) groups is 1. The first kappa shape index (κ1) is 17.3. The molecule has 1 aromatic carbocycles. The normalized spacial score (nSPS) is 10.8. The molecule has 0 fully saturated rings. The SMILES string of the molecule is Cc1[nH]ncc1CCCNC(=O)c1nnn(-c2cccc(Br)c2)c1C. The number of rotatable bonds is 6. The Morgan fingerprint density at radius 3 is 2.92 bits per heavy atom. The first-order valence-corrected chi connectivity index (χ1v) is 8.81. The fourth-order valence-electron chi connectivity index (χ4n) is 2.58. The third-order valence-corrected chi connectivity index (χ3v) is 4.50. The minimum atomic E-state index is -0.206. The zero-order valence-corrected chi connectivity index (χ0v) is 15.7. The van der Waals surface area contributed by atoms with E-state index in [0.29, 0.717) is 17.9 Å². The van der Waals surface area contributed by atoms with Gasteiger partial charge in [0.05, 0.1) is 17.6 Å². The van der Waals surface area contributed by atoms with Gasteiger partial charge in [0.25, 0.3) is 5.91 Å². The van der Waals surface area contributed by atoms with Crippen LogP contribution in [0.1, 0.15) is 33.9 Å². The lowest BCUT2D eigenvalue weighted by Crippen LogP contribution is -2.26. The zero-order chi connectivity index (χ0) is 17.8. The Bertz CT molecular complexity index is 885. The second kappa shape index (κ2) is 7.60. The summed E-state index contributed by atoms with van der Waals surface area (Å²) in [6.07, 6.45) is 3.53. The van der Waals surface area contributed by atoms with Gasteiger partial charge in [0, 0.05) is 16.7 Å². The van der Waals surface area contributed by atoms with E-state index in [1.54, 1.807) is 4.68 Å². The fraction of sp³-hybridized carbons (Fsp3) is 0.294. The molecule has 130 valence electrons. The van der Waals surface area contributed by atoms with E-state index in [-0.39, 0.29) is 5.91 Å². The summed E-state index contributed by atoms with van der Waals surface area (Å²) in [7, 11) is 0. The maximum Gasteiger partial charge on any atom is 0.273 e. The second-order valence-corrected chi connectivity index (χ2v) is 6.71. The van der Waals surface area contributed by atoms with Gasteiger partial charge >= 0.3 is 0 Å². The van der Waals surface area contributed by atoms with Crippen LogP contribution in [0.2, 0.25) is 0 Å². The Kier molecular flexibility index (Phi) is 5.28. The summed E-state index contributed by atoms with van der Waals surface area (Å²) in [5.74, 6) is -0.206. The maximum absolute atomic E-state index is 12.4. The van der Waals surface area contributed by atoms with Gasteiger partial charge < -0.3 is 5.32 Å². The fourth-order valence-corrected chi connectivity index (χ4v) is 2.97. The Labute approximate surface area is 154 Å². The first-order valence-electron chi connectivity index (χ1n) is 8.01. The average Bonchev–Trinajstić information content (AvgIpc) is 3.17. The van der Waals surface area contributed by atoms with Crippen LogP contribution in [0.5, 0.6) is 0 Å². The Hall–Kier alpha value is -2.48. The number of hydrogen-bond donors (Lipinski definition) is 2. The monoisotopic (exact) mass is 402 g/mol. The molecule has 2 aromatic heterocycles. The second-order valence-electron chi connectivity index (χ2n) is 5.79. The summed E-state index contributed by atoms with van der Waals surface area (Å²) < 4.78 is 2.61. The zero-order valence-electron chi connectivity index (χ0n) is 14.1. The lowest BCUT2D eigenvalue weighted by Gasteiger charge is -2.05. The number of benzene rings is 1. The van der Waals surface area contributed by atoms with E-state index in [4.69, 9.17) is 0 Å². The number of aromatic amines is 1. The summed E-state index contributed by atoms with van der Waals surface area (Å²) >= 11 is 3.44. The molecule has 3 rings (SSSR count). The molecule has 7 nitrogen and oxygen atoms in total. The number of aromatic nitrogens is 5. The summed E-state index contributed by atoms with van der Waals surface area (Å²) in [4.78, 5) is 12.4. The van der Waals surface area contributed by atoms with Crippen LogP contribution >= 0.6 is 15.9 Å². The molecule has 0 saturated heterocycles. The van der Waals surface area contributed by atoms with Crippen LogP contribution in [0.4, 0.5) is 0 Å². The predicted octanol–water partition coefficient (Wildman–Crippen LogP) is 2.73. The Morgan fingerprint density at radius 2 is 2.20 bits per heavy atom. The van der Waals surface area contributed by atoms with Crippen molar-refractivity contribution in [2.45, 2.75) is 26.7 Å². The van der Waals surface area contributed by atoms with E-state index in [0.717, 1.165) is 28.7 Å². The van der Waals surface area contributed by atoms with Crippen molar-refractivity contribution in [3.8, 4) is 5.69 Å². The molecule has 8 heteroatoms. The summed E-state index contributed by atoms with van der Waals surface area (Å²) in [6.45, 7) is 4.40. The topological polar surface area (TPSA) is 88.5 Å². The molecule has 0 aliphatic rings. The van der Waals surface area contributed by atoms with Gasteiger partial charge in [-0.3, -0.25) is 9.89 Å². The number of carbonyl (C=O) groups excluding carboxylic acids is 1. The highest BCUT2D eigenvalue weighted by Crippen LogP contribution is 2.17. The standard InChI is InChI=1S/C17H19BrN6O/c1-11-13(10-20-21-11)5-4-8-19-17(25)16-12(2)24(23-22-16)15-7-3-6-14(18)9-15/h3,6-7,9-10H,4-5,8H2,1-2H3,(H,19,25)(H,20,21). The van der Waals surface area contributed by atoms with Gasteiger partial charge in [-0.15, -0.1) is 5.10 Å². The molecule has 0 unspecified atom stereocenters. The number of hydrogen-bond acceptors (Lipinski definition) is 4. The minimum Gasteiger partial charge on any atom is -0.351 e. The number of halogens is 1. The van der Waals surface area contributed by atoms with E-state index in [2.05, 4.69) is 41.8 Å². The highest BCUT2D eigenvalue weighted by atomic mass is 79.9. The molecule has 2 heterocycles. The van der Waals surface area contributed by atoms with Crippen LogP contribution in [-0.2, 0) is 6.42 Å². The van der Waals surface area contributed by atoms with Gasteiger partial charge in [0.15, 0.2) is 5.69 Å². The molecule has 0 aliphatic carbocycles. The van der Waals surface area contributed by atoms with Gasteiger partial charge in [-0.25, -0.2) is 4.68 Å². The van der Waals surface area contributed by atoms with Crippen molar-refractivity contribution < 1.29 is 4.79 Å². The van der Waals surface area contributed by atoms with E-state index in [1.807, 2.05) is 44.3 Å². The van der Waals surface area contributed by atoms with Gasteiger partial charge in [-0.05, 0) is 50.5 Å². The predicted molar refractivity (Wildman–Crippen MR) is 97.8 cm³/mol. The van der Waals surface area contributed by atoms with Crippen LogP contribution in [-0.4, -0.2) is 37.6 Å². The van der Waals surface area contributed by atoms with Crippen molar-refractivity contribution in [3.63, 3.8) is 0 Å². The van der Waals surface area contributed by atoms with E-state index in [1.165, 1.54) is 5.56 Å². The third kappa shape index (κ3) is 3.96. The van der Waals surface area contributed by atoms with Gasteiger partial charge in [0.2, 0.25) is 0 Å². The molecular weight excluding hydrogens is 384 g/mol. The number of amides is 1. The molecule has 3 aromatic rings. The van der Waals surface area contributed by atoms with Crippen molar-refractivity contribution in [1.82, 2.24) is 30.5 Å². The molecule has 0 aliphatic heterocycles. The largest absolute Gasteiger partial charge is 0.351 e. The van der Waals surface area contributed by atoms with Crippen molar-refractivity contribution in [1.29, 1.82) is 0 Å². The number of aryl methyl sites for hydroxylation is 2. The van der Waals surface area contributed by atoms with Crippen LogP contribution < -0.4 is 5.32 Å². The van der Waals surface area contributed by atoms with Crippen molar-refractivity contribution in [2.75, 3.05) is 6.54 Å². The highest BCUT2D eigenvalue weighted by molar-refractivity contribution is 9.10. The molecule has 0 spiro atoms. The number of nitrogens with zero attached hydrogens (tertiary/aromatic N) is 4. The third-order valence-electron chi connectivity index (χ3n) is 4.01. The first-order chi connectivity index (χ1) is 12.1. The van der Waals surface area contributed by atoms with Gasteiger partial charge in [-0.1, -0.05) is 27.2 Å². The maximum atomic E-state index is 12.4. The smallest absolute Gasteiger partial charge is 0.273 e. The molecule has 0 bridgehead atoms. The molecule has 0 radical (unpaired) electrons. The lowest BCUT2D eigenvalue weighted by molar-refractivity contribution is 0.0947. The molecule has 2 N–H and O–H groups in total. The van der Waals surface area contributed by atoms with Gasteiger partial charge in [0.1, 0.15) is 0 Å². The molecular formula is C17H19BrN6O. The molecule has 25 heavy (non-hydrogen) atoms. The van der Waals surface area contributed by atoms with Gasteiger partial charge in [-0.2, -0.15) is 5.10 Å². The lowest BCUT2D eigenvalue weighted by atomic mass is 10.1. The van der Waals surface area contributed by atoms with Crippen molar-refractivity contribution >= 4 is 21.8 Å². The van der Waals surface area contributed by atoms with E-state index in [9.17, 15) is 4.79 Å². The van der Waals surface area contributed by atoms with Crippen LogP contribution in [0.15, 0.2) is 34.9 Å². The van der Waals surface area contributed by atoms with Crippen molar-refractivity contribution in [2.24, 2.45) is 0 Å².